The van der Waals surface area contributed by atoms with Crippen LogP contribution in [-0.2, 0) is 42.8 Å². The van der Waals surface area contributed by atoms with Crippen LogP contribution in [0.4, 0.5) is 0 Å². The summed E-state index contributed by atoms with van der Waals surface area (Å²) < 4.78 is 32.3. The van der Waals surface area contributed by atoms with Gasteiger partial charge in [0.2, 0.25) is 0 Å². The SMILES string of the molecule is CC(=O)OC[C@H]1O[C@H](Br)[C@H](OC(C)=O)[C@@H](OC(C)=O)[C@@H]1O[C@H]1O[C@H](CO)[C@@H](O)[C@H](O)[C@H]1O. The molecule has 4 N–H and O–H groups in total. The molecule has 0 bridgehead atoms. The van der Waals surface area contributed by atoms with E-state index in [1.54, 1.807) is 0 Å². The van der Waals surface area contributed by atoms with Gasteiger partial charge in [0.25, 0.3) is 0 Å². The lowest BCUT2D eigenvalue weighted by Gasteiger charge is -2.46. The molecule has 14 heteroatoms. The van der Waals surface area contributed by atoms with Crippen molar-refractivity contribution < 1.29 is 63.2 Å². The lowest BCUT2D eigenvalue weighted by molar-refractivity contribution is -0.338. The molecular formula is C18H27BrO13. The summed E-state index contributed by atoms with van der Waals surface area (Å²) >= 11 is 3.19. The quantitative estimate of drug-likeness (QED) is 0.156. The monoisotopic (exact) mass is 530 g/mol. The zero-order chi connectivity index (χ0) is 24.2. The molecule has 13 nitrogen and oxygen atoms in total. The van der Waals surface area contributed by atoms with Crippen molar-refractivity contribution in [1.29, 1.82) is 0 Å². The number of rotatable bonds is 7. The first-order valence-corrected chi connectivity index (χ1v) is 10.6. The zero-order valence-electron chi connectivity index (χ0n) is 17.5. The van der Waals surface area contributed by atoms with Gasteiger partial charge in [0.05, 0.1) is 6.61 Å². The second-order valence-corrected chi connectivity index (χ2v) is 8.18. The molecule has 0 aromatic heterocycles. The fourth-order valence-corrected chi connectivity index (χ4v) is 4.03. The summed E-state index contributed by atoms with van der Waals surface area (Å²) in [6.45, 7) is 2.32. The fourth-order valence-electron chi connectivity index (χ4n) is 3.34. The molecule has 0 saturated carbocycles. The summed E-state index contributed by atoms with van der Waals surface area (Å²) in [6, 6.07) is 0. The van der Waals surface area contributed by atoms with Gasteiger partial charge >= 0.3 is 17.9 Å². The molecule has 2 aliphatic rings. The van der Waals surface area contributed by atoms with E-state index in [-0.39, 0.29) is 6.61 Å². The summed E-state index contributed by atoms with van der Waals surface area (Å²) in [7, 11) is 0. The van der Waals surface area contributed by atoms with E-state index in [0.29, 0.717) is 0 Å². The van der Waals surface area contributed by atoms with Gasteiger partial charge in [-0.05, 0) is 0 Å². The number of carbonyl (C=O) groups excluding carboxylic acids is 3. The summed E-state index contributed by atoms with van der Waals surface area (Å²) in [4.78, 5) is 34.7. The molecule has 32 heavy (non-hydrogen) atoms. The van der Waals surface area contributed by atoms with E-state index in [2.05, 4.69) is 15.9 Å². The number of ether oxygens (including phenoxy) is 6. The Morgan fingerprint density at radius 2 is 1.41 bits per heavy atom. The van der Waals surface area contributed by atoms with E-state index >= 15 is 0 Å². The Kier molecular flexibility index (Phi) is 9.78. The lowest BCUT2D eigenvalue weighted by Crippen LogP contribution is -2.65. The largest absolute Gasteiger partial charge is 0.463 e. The molecule has 0 unspecified atom stereocenters. The van der Waals surface area contributed by atoms with Gasteiger partial charge in [-0.15, -0.1) is 0 Å². The summed E-state index contributed by atoms with van der Waals surface area (Å²) in [5.74, 6) is -2.12. The van der Waals surface area contributed by atoms with E-state index in [1.165, 1.54) is 0 Å². The van der Waals surface area contributed by atoms with Crippen LogP contribution in [0.3, 0.4) is 0 Å². The Balaban J connectivity index is 2.37. The van der Waals surface area contributed by atoms with E-state index in [0.717, 1.165) is 20.8 Å². The molecule has 0 aromatic carbocycles. The standard InChI is InChI=1S/C18H27BrO13/c1-6(21)27-5-10-14(32-18-13(26)12(25)11(24)9(4-20)31-18)15(28-7(2)22)16(17(19)30-10)29-8(3)23/h9-18,20,24-26H,4-5H2,1-3H3/t9-,10-,11-,12+,13-,14-,15+,16-,17+,18-/m1/s1. The Hall–Kier alpha value is -1.39. The van der Waals surface area contributed by atoms with Crippen molar-refractivity contribution in [3.05, 3.63) is 0 Å². The summed E-state index contributed by atoms with van der Waals surface area (Å²) in [6.07, 6.45) is -13.0. The van der Waals surface area contributed by atoms with Crippen molar-refractivity contribution in [2.45, 2.75) is 80.9 Å². The highest BCUT2D eigenvalue weighted by molar-refractivity contribution is 9.09. The van der Waals surface area contributed by atoms with Crippen molar-refractivity contribution in [2.75, 3.05) is 13.2 Å². The Bertz CT molecular complexity index is 673. The van der Waals surface area contributed by atoms with Crippen molar-refractivity contribution in [2.24, 2.45) is 0 Å². The number of halogens is 1. The minimum atomic E-state index is -1.77. The van der Waals surface area contributed by atoms with E-state index < -0.39 is 84.6 Å². The normalized spacial score (nSPS) is 39.8. The molecule has 2 rings (SSSR count). The molecule has 0 spiro atoms. The average molecular weight is 531 g/mol. The highest BCUT2D eigenvalue weighted by Gasteiger charge is 2.53. The number of aliphatic hydroxyl groups excluding tert-OH is 4. The number of hydrogen-bond donors (Lipinski definition) is 4. The first-order chi connectivity index (χ1) is 15.0. The average Bonchev–Trinajstić information content (AvgIpc) is 2.70. The minimum absolute atomic E-state index is 0.371. The predicted molar refractivity (Wildman–Crippen MR) is 104 cm³/mol. The Morgan fingerprint density at radius 1 is 0.812 bits per heavy atom. The second kappa shape index (κ2) is 11.7. The molecule has 0 aromatic rings. The maximum Gasteiger partial charge on any atom is 0.303 e. The predicted octanol–water partition coefficient (Wildman–Crippen LogP) is -2.28. The Morgan fingerprint density at radius 3 is 1.94 bits per heavy atom. The van der Waals surface area contributed by atoms with Gasteiger partial charge in [0.1, 0.15) is 43.2 Å². The molecule has 0 aliphatic carbocycles. The smallest absolute Gasteiger partial charge is 0.303 e. The number of hydrogen-bond acceptors (Lipinski definition) is 13. The third-order valence-corrected chi connectivity index (χ3v) is 5.51. The van der Waals surface area contributed by atoms with Crippen LogP contribution < -0.4 is 0 Å². The third kappa shape index (κ3) is 6.57. The first-order valence-electron chi connectivity index (χ1n) is 9.69. The van der Waals surface area contributed by atoms with Gasteiger partial charge in [0, 0.05) is 20.8 Å². The van der Waals surface area contributed by atoms with Crippen LogP contribution in [0.1, 0.15) is 20.8 Å². The fraction of sp³-hybridized carbons (Fsp3) is 0.833. The van der Waals surface area contributed by atoms with Crippen molar-refractivity contribution >= 4 is 33.8 Å². The first kappa shape index (κ1) is 26.9. The number of esters is 3. The number of aliphatic hydroxyl groups is 4. The van der Waals surface area contributed by atoms with Crippen molar-refractivity contribution in [3.8, 4) is 0 Å². The van der Waals surface area contributed by atoms with Gasteiger partial charge in [-0.3, -0.25) is 14.4 Å². The topological polar surface area (TPSA) is 188 Å². The van der Waals surface area contributed by atoms with Crippen LogP contribution >= 0.6 is 15.9 Å². The van der Waals surface area contributed by atoms with Crippen LogP contribution in [0.2, 0.25) is 0 Å². The van der Waals surface area contributed by atoms with Crippen LogP contribution in [-0.4, -0.2) is 112 Å². The highest BCUT2D eigenvalue weighted by atomic mass is 79.9. The second-order valence-electron chi connectivity index (χ2n) is 7.27. The zero-order valence-corrected chi connectivity index (χ0v) is 19.1. The van der Waals surface area contributed by atoms with Gasteiger partial charge in [-0.25, -0.2) is 0 Å². The molecule has 2 heterocycles. The minimum Gasteiger partial charge on any atom is -0.463 e. The van der Waals surface area contributed by atoms with Gasteiger partial charge in [-0.2, -0.15) is 0 Å². The summed E-state index contributed by atoms with van der Waals surface area (Å²) in [5.41, 5.74) is 0. The molecule has 184 valence electrons. The van der Waals surface area contributed by atoms with Crippen LogP contribution in [0.5, 0.6) is 0 Å². The van der Waals surface area contributed by atoms with Crippen molar-refractivity contribution in [1.82, 2.24) is 0 Å². The molecule has 0 amide bonds. The van der Waals surface area contributed by atoms with Gasteiger partial charge in [0.15, 0.2) is 23.5 Å². The van der Waals surface area contributed by atoms with Crippen LogP contribution in [0.25, 0.3) is 0 Å². The Labute approximate surface area is 191 Å². The highest BCUT2D eigenvalue weighted by Crippen LogP contribution is 2.34. The number of alkyl halides is 1. The molecular weight excluding hydrogens is 504 g/mol. The maximum atomic E-state index is 11.8. The van der Waals surface area contributed by atoms with Gasteiger partial charge in [-0.1, -0.05) is 15.9 Å². The van der Waals surface area contributed by atoms with E-state index in [4.69, 9.17) is 28.4 Å². The van der Waals surface area contributed by atoms with Gasteiger partial charge < -0.3 is 48.8 Å². The van der Waals surface area contributed by atoms with E-state index in [1.807, 2.05) is 0 Å². The van der Waals surface area contributed by atoms with Crippen LogP contribution in [0, 0.1) is 0 Å². The van der Waals surface area contributed by atoms with E-state index in [9.17, 15) is 34.8 Å². The molecule has 0 radical (unpaired) electrons. The molecule has 10 atom stereocenters. The molecule has 2 fully saturated rings. The summed E-state index contributed by atoms with van der Waals surface area (Å²) in [5, 5.41) is 38.7. The van der Waals surface area contributed by atoms with Crippen molar-refractivity contribution in [3.63, 3.8) is 0 Å². The lowest BCUT2D eigenvalue weighted by atomic mass is 9.97. The van der Waals surface area contributed by atoms with Crippen LogP contribution in [0.15, 0.2) is 0 Å². The molecule has 2 saturated heterocycles. The number of carbonyl (C=O) groups is 3. The maximum absolute atomic E-state index is 11.8. The third-order valence-electron chi connectivity index (χ3n) is 4.77. The molecule has 2 aliphatic heterocycles.